The average Bonchev–Trinajstić information content (AvgIpc) is 2.41. The first-order valence-corrected chi connectivity index (χ1v) is 8.27. The second-order valence-corrected chi connectivity index (χ2v) is 7.46. The molecule has 1 aliphatic rings. The molecule has 1 aliphatic heterocycles. The minimum absolute atomic E-state index is 0.0967. The lowest BCUT2D eigenvalue weighted by molar-refractivity contribution is 0.273. The molecule has 0 saturated carbocycles. The van der Waals surface area contributed by atoms with Crippen LogP contribution in [0.15, 0.2) is 17.0 Å². The van der Waals surface area contributed by atoms with Gasteiger partial charge in [-0.25, -0.2) is 12.8 Å². The fourth-order valence-electron chi connectivity index (χ4n) is 2.29. The van der Waals surface area contributed by atoms with Gasteiger partial charge in [0.2, 0.25) is 10.0 Å². The molecule has 1 aromatic carbocycles. The summed E-state index contributed by atoms with van der Waals surface area (Å²) in [7, 11) is -3.91. The summed E-state index contributed by atoms with van der Waals surface area (Å²) in [5.74, 6) is -0.450. The predicted molar refractivity (Wildman–Crippen MR) is 74.5 cm³/mol. The monoisotopic (exact) mass is 321 g/mol. The quantitative estimate of drug-likeness (QED) is 0.930. The summed E-state index contributed by atoms with van der Waals surface area (Å²) in [4.78, 5) is -0.455. The molecule has 1 fully saturated rings. The summed E-state index contributed by atoms with van der Waals surface area (Å²) in [6.07, 6.45) is 1.52. The molecule has 4 nitrogen and oxygen atoms in total. The van der Waals surface area contributed by atoms with E-state index in [2.05, 4.69) is 6.92 Å². The normalized spacial score (nSPS) is 18.4. The van der Waals surface area contributed by atoms with Crippen molar-refractivity contribution >= 4 is 21.6 Å². The second-order valence-electron chi connectivity index (χ2n) is 5.12. The van der Waals surface area contributed by atoms with E-state index < -0.39 is 27.3 Å². The third-order valence-corrected chi connectivity index (χ3v) is 5.73. The van der Waals surface area contributed by atoms with Gasteiger partial charge in [-0.05, 0) is 30.9 Å². The molecule has 20 heavy (non-hydrogen) atoms. The van der Waals surface area contributed by atoms with Gasteiger partial charge in [0, 0.05) is 23.7 Å². The molecule has 0 amide bonds. The number of aliphatic hydroxyl groups excluding tert-OH is 1. The summed E-state index contributed by atoms with van der Waals surface area (Å²) in [5, 5.41) is 9.17. The third kappa shape index (κ3) is 2.98. The van der Waals surface area contributed by atoms with Crippen LogP contribution in [0, 0.1) is 11.7 Å². The van der Waals surface area contributed by atoms with Gasteiger partial charge in [0.05, 0.1) is 6.61 Å². The average molecular weight is 322 g/mol. The Morgan fingerprint density at radius 3 is 2.55 bits per heavy atom. The molecule has 0 radical (unpaired) electrons. The first kappa shape index (κ1) is 15.7. The van der Waals surface area contributed by atoms with Gasteiger partial charge in [-0.3, -0.25) is 0 Å². The van der Waals surface area contributed by atoms with Crippen molar-refractivity contribution in [2.24, 2.45) is 5.92 Å². The molecule has 0 bridgehead atoms. The Bertz CT molecular complexity index is 598. The van der Waals surface area contributed by atoms with Gasteiger partial charge in [-0.1, -0.05) is 18.5 Å². The van der Waals surface area contributed by atoms with E-state index in [0.717, 1.165) is 18.9 Å². The van der Waals surface area contributed by atoms with Crippen LogP contribution in [-0.4, -0.2) is 30.9 Å². The van der Waals surface area contributed by atoms with Gasteiger partial charge in [0.15, 0.2) is 0 Å². The number of hydrogen-bond donors (Lipinski definition) is 1. The summed E-state index contributed by atoms with van der Waals surface area (Å²) >= 11 is 5.81. The molecule has 112 valence electrons. The fraction of sp³-hybridized carbons (Fsp3) is 0.538. The number of benzene rings is 1. The van der Waals surface area contributed by atoms with Crippen LogP contribution < -0.4 is 0 Å². The van der Waals surface area contributed by atoms with Crippen LogP contribution in [0.4, 0.5) is 4.39 Å². The summed E-state index contributed by atoms with van der Waals surface area (Å²) < 4.78 is 40.4. The number of rotatable bonds is 3. The first-order chi connectivity index (χ1) is 9.36. The fourth-order valence-corrected chi connectivity index (χ4v) is 4.19. The number of aliphatic hydroxyl groups is 1. The number of halogens is 2. The Morgan fingerprint density at radius 2 is 2.00 bits per heavy atom. The van der Waals surface area contributed by atoms with Gasteiger partial charge in [-0.2, -0.15) is 4.31 Å². The van der Waals surface area contributed by atoms with Crippen LogP contribution in [0.2, 0.25) is 5.02 Å². The van der Waals surface area contributed by atoms with E-state index >= 15 is 0 Å². The Hall–Kier alpha value is -0.690. The minimum atomic E-state index is -3.91. The maximum atomic E-state index is 14.2. The molecule has 1 aromatic rings. The minimum Gasteiger partial charge on any atom is -0.392 e. The zero-order chi connectivity index (χ0) is 14.9. The highest BCUT2D eigenvalue weighted by atomic mass is 35.5. The predicted octanol–water partition coefficient (Wildman–Crippen LogP) is 2.39. The number of piperidine rings is 1. The highest BCUT2D eigenvalue weighted by Gasteiger charge is 2.31. The molecule has 1 heterocycles. The maximum absolute atomic E-state index is 14.2. The summed E-state index contributed by atoms with van der Waals surface area (Å²) in [6, 6.07) is 2.33. The Kier molecular flexibility index (Phi) is 4.69. The van der Waals surface area contributed by atoms with Crippen molar-refractivity contribution < 1.29 is 17.9 Å². The molecular formula is C13H17ClFNO3S. The molecular weight excluding hydrogens is 305 g/mol. The highest BCUT2D eigenvalue weighted by Crippen LogP contribution is 2.29. The summed E-state index contributed by atoms with van der Waals surface area (Å²) in [5.41, 5.74) is -0.110. The van der Waals surface area contributed by atoms with E-state index in [1.165, 1.54) is 10.4 Å². The molecule has 0 spiro atoms. The number of sulfonamides is 1. The SMILES string of the molecule is CC1CCN(S(=O)(=O)c2cc(Cl)cc(CO)c2F)CC1. The van der Waals surface area contributed by atoms with Crippen molar-refractivity contribution in [3.05, 3.63) is 28.5 Å². The van der Waals surface area contributed by atoms with Crippen LogP contribution in [0.3, 0.4) is 0 Å². The van der Waals surface area contributed by atoms with Gasteiger partial charge in [-0.15, -0.1) is 0 Å². The Labute approximate surface area is 123 Å². The summed E-state index contributed by atoms with van der Waals surface area (Å²) in [6.45, 7) is 2.23. The molecule has 0 atom stereocenters. The molecule has 2 rings (SSSR count). The molecule has 1 N–H and O–H groups in total. The van der Waals surface area contributed by atoms with E-state index in [1.807, 2.05) is 0 Å². The molecule has 0 unspecified atom stereocenters. The van der Waals surface area contributed by atoms with Crippen LogP contribution >= 0.6 is 11.6 Å². The topological polar surface area (TPSA) is 57.6 Å². The van der Waals surface area contributed by atoms with Gasteiger partial charge in [0.25, 0.3) is 0 Å². The van der Waals surface area contributed by atoms with Crippen molar-refractivity contribution in [3.63, 3.8) is 0 Å². The van der Waals surface area contributed by atoms with E-state index in [9.17, 15) is 12.8 Å². The first-order valence-electron chi connectivity index (χ1n) is 6.45. The highest BCUT2D eigenvalue weighted by molar-refractivity contribution is 7.89. The standard InChI is InChI=1S/C13H17ClFNO3S/c1-9-2-4-16(5-3-9)20(18,19)12-7-11(14)6-10(8-17)13(12)15/h6-7,9,17H,2-5,8H2,1H3. The zero-order valence-corrected chi connectivity index (χ0v) is 12.7. The van der Waals surface area contributed by atoms with Gasteiger partial charge >= 0.3 is 0 Å². The molecule has 7 heteroatoms. The molecule has 1 saturated heterocycles. The lowest BCUT2D eigenvalue weighted by Crippen LogP contribution is -2.38. The lowest BCUT2D eigenvalue weighted by atomic mass is 10.0. The van der Waals surface area contributed by atoms with Gasteiger partial charge in [0.1, 0.15) is 10.7 Å². The van der Waals surface area contributed by atoms with E-state index in [-0.39, 0.29) is 10.6 Å². The van der Waals surface area contributed by atoms with Gasteiger partial charge < -0.3 is 5.11 Å². The largest absolute Gasteiger partial charge is 0.392 e. The smallest absolute Gasteiger partial charge is 0.246 e. The Balaban J connectivity index is 2.42. The lowest BCUT2D eigenvalue weighted by Gasteiger charge is -2.29. The van der Waals surface area contributed by atoms with Crippen LogP contribution in [0.25, 0.3) is 0 Å². The third-order valence-electron chi connectivity index (χ3n) is 3.61. The van der Waals surface area contributed by atoms with Crippen molar-refractivity contribution in [1.82, 2.24) is 4.31 Å². The van der Waals surface area contributed by atoms with E-state index in [1.54, 1.807) is 0 Å². The molecule has 0 aliphatic carbocycles. The van der Waals surface area contributed by atoms with Crippen LogP contribution in [0.1, 0.15) is 25.3 Å². The van der Waals surface area contributed by atoms with Crippen LogP contribution in [-0.2, 0) is 16.6 Å². The Morgan fingerprint density at radius 1 is 1.40 bits per heavy atom. The van der Waals surface area contributed by atoms with Crippen molar-refractivity contribution in [1.29, 1.82) is 0 Å². The van der Waals surface area contributed by atoms with Crippen LogP contribution in [0.5, 0.6) is 0 Å². The van der Waals surface area contributed by atoms with E-state index in [0.29, 0.717) is 19.0 Å². The number of nitrogens with zero attached hydrogens (tertiary/aromatic N) is 1. The van der Waals surface area contributed by atoms with Crippen molar-refractivity contribution in [2.75, 3.05) is 13.1 Å². The number of hydrogen-bond acceptors (Lipinski definition) is 3. The van der Waals surface area contributed by atoms with Crippen molar-refractivity contribution in [3.8, 4) is 0 Å². The second kappa shape index (κ2) is 5.97. The zero-order valence-electron chi connectivity index (χ0n) is 11.1. The molecule has 0 aromatic heterocycles. The maximum Gasteiger partial charge on any atom is 0.246 e. The van der Waals surface area contributed by atoms with E-state index in [4.69, 9.17) is 16.7 Å². The van der Waals surface area contributed by atoms with Crippen molar-refractivity contribution in [2.45, 2.75) is 31.3 Å².